The Bertz CT molecular complexity index is 1240. The number of aromatic nitrogens is 2. The maximum absolute atomic E-state index is 12.1. The molecule has 0 atom stereocenters. The van der Waals surface area contributed by atoms with Gasteiger partial charge in [0.15, 0.2) is 0 Å². The molecule has 2 aromatic carbocycles. The summed E-state index contributed by atoms with van der Waals surface area (Å²) in [7, 11) is 5.60. The Morgan fingerprint density at radius 2 is 1.86 bits per heavy atom. The SMILES string of the molecule is C=CNc1ccc(-c2cc(Nc3cc(NC(=O)C=C)c(NCCN(C)C)cc3OC)ncn2)cc1C. The fourth-order valence-electron chi connectivity index (χ4n) is 3.51. The summed E-state index contributed by atoms with van der Waals surface area (Å²) in [4.78, 5) is 23.0. The van der Waals surface area contributed by atoms with Crippen LogP contribution in [0.2, 0.25) is 0 Å². The average Bonchev–Trinajstić information content (AvgIpc) is 2.86. The molecule has 0 aliphatic rings. The third-order valence-corrected chi connectivity index (χ3v) is 5.37. The van der Waals surface area contributed by atoms with E-state index < -0.39 is 0 Å². The zero-order valence-electron chi connectivity index (χ0n) is 21.2. The maximum Gasteiger partial charge on any atom is 0.247 e. The molecule has 36 heavy (non-hydrogen) atoms. The Balaban J connectivity index is 1.92. The fraction of sp³-hybridized carbons (Fsp3) is 0.222. The first-order valence-corrected chi connectivity index (χ1v) is 11.5. The second kappa shape index (κ2) is 12.4. The van der Waals surface area contributed by atoms with Crippen LogP contribution in [0.15, 0.2) is 68.2 Å². The summed E-state index contributed by atoms with van der Waals surface area (Å²) in [5.74, 6) is 0.865. The fourth-order valence-corrected chi connectivity index (χ4v) is 3.51. The van der Waals surface area contributed by atoms with E-state index in [-0.39, 0.29) is 5.91 Å². The van der Waals surface area contributed by atoms with Gasteiger partial charge in [-0.1, -0.05) is 19.2 Å². The Hall–Kier alpha value is -4.37. The third kappa shape index (κ3) is 6.83. The number of methoxy groups -OCH3 is 1. The number of benzene rings is 2. The number of hydrogen-bond acceptors (Lipinski definition) is 8. The number of hydrogen-bond donors (Lipinski definition) is 4. The van der Waals surface area contributed by atoms with Crippen LogP contribution in [-0.4, -0.2) is 55.1 Å². The lowest BCUT2D eigenvalue weighted by Crippen LogP contribution is -2.21. The number of carbonyl (C=O) groups excluding carboxylic acids is 1. The third-order valence-electron chi connectivity index (χ3n) is 5.37. The molecule has 0 radical (unpaired) electrons. The van der Waals surface area contributed by atoms with Crippen molar-refractivity contribution in [1.82, 2.24) is 14.9 Å². The number of ether oxygens (including phenoxy) is 1. The van der Waals surface area contributed by atoms with Gasteiger partial charge in [0.2, 0.25) is 5.91 Å². The number of rotatable bonds is 12. The van der Waals surface area contributed by atoms with Crippen LogP contribution < -0.4 is 26.0 Å². The van der Waals surface area contributed by atoms with Gasteiger partial charge in [0.05, 0.1) is 29.9 Å². The molecule has 1 amide bonds. The van der Waals surface area contributed by atoms with Crippen LogP contribution in [0.1, 0.15) is 5.56 Å². The number of aryl methyl sites for hydroxylation is 1. The Morgan fingerprint density at radius 3 is 2.53 bits per heavy atom. The van der Waals surface area contributed by atoms with Crippen LogP contribution in [-0.2, 0) is 4.79 Å². The number of nitrogens with zero attached hydrogens (tertiary/aromatic N) is 3. The molecular formula is C27H33N7O2. The van der Waals surface area contributed by atoms with Gasteiger partial charge < -0.3 is 30.9 Å². The van der Waals surface area contributed by atoms with Crippen molar-refractivity contribution in [2.75, 3.05) is 55.6 Å². The molecule has 1 aromatic heterocycles. The van der Waals surface area contributed by atoms with Crippen LogP contribution in [0.5, 0.6) is 5.75 Å². The van der Waals surface area contributed by atoms with Gasteiger partial charge in [-0.2, -0.15) is 0 Å². The minimum absolute atomic E-state index is 0.309. The lowest BCUT2D eigenvalue weighted by atomic mass is 10.1. The highest BCUT2D eigenvalue weighted by molar-refractivity contribution is 6.02. The van der Waals surface area contributed by atoms with Crippen molar-refractivity contribution in [3.8, 4) is 17.0 Å². The minimum Gasteiger partial charge on any atom is -0.494 e. The van der Waals surface area contributed by atoms with Crippen LogP contribution in [0, 0.1) is 6.92 Å². The summed E-state index contributed by atoms with van der Waals surface area (Å²) >= 11 is 0. The monoisotopic (exact) mass is 487 g/mol. The molecule has 0 saturated carbocycles. The van der Waals surface area contributed by atoms with E-state index in [4.69, 9.17) is 4.74 Å². The Labute approximate surface area is 212 Å². The molecule has 3 rings (SSSR count). The zero-order chi connectivity index (χ0) is 26.1. The maximum atomic E-state index is 12.1. The van der Waals surface area contributed by atoms with Crippen molar-refractivity contribution in [3.63, 3.8) is 0 Å². The summed E-state index contributed by atoms with van der Waals surface area (Å²) in [5.41, 5.74) is 5.75. The first kappa shape index (κ1) is 26.2. The first-order chi connectivity index (χ1) is 17.3. The van der Waals surface area contributed by atoms with Crippen LogP contribution >= 0.6 is 0 Å². The van der Waals surface area contributed by atoms with Gasteiger partial charge >= 0.3 is 0 Å². The highest BCUT2D eigenvalue weighted by atomic mass is 16.5. The predicted molar refractivity (Wildman–Crippen MR) is 148 cm³/mol. The van der Waals surface area contributed by atoms with Crippen molar-refractivity contribution in [2.45, 2.75) is 6.92 Å². The highest BCUT2D eigenvalue weighted by Gasteiger charge is 2.14. The standard InChI is InChI=1S/C27H33N7O2/c1-7-27(35)33-23-14-24(25(36-6)15-22(23)29-11-12-34(4)5)32-26-16-21(30-17-31-26)19-9-10-20(28-8-2)18(3)13-19/h7-10,13-17,28-29H,1-2,11-12H2,3-6H3,(H,33,35)(H,30,31,32). The molecule has 0 aliphatic carbocycles. The molecule has 0 bridgehead atoms. The Kier molecular flexibility index (Phi) is 9.01. The molecule has 0 unspecified atom stereocenters. The lowest BCUT2D eigenvalue weighted by molar-refractivity contribution is -0.111. The Morgan fingerprint density at radius 1 is 1.06 bits per heavy atom. The summed E-state index contributed by atoms with van der Waals surface area (Å²) in [6, 6.07) is 11.5. The van der Waals surface area contributed by atoms with E-state index in [9.17, 15) is 4.79 Å². The average molecular weight is 488 g/mol. The van der Waals surface area contributed by atoms with Crippen molar-refractivity contribution >= 4 is 34.5 Å². The van der Waals surface area contributed by atoms with E-state index >= 15 is 0 Å². The molecule has 188 valence electrons. The largest absolute Gasteiger partial charge is 0.494 e. The van der Waals surface area contributed by atoms with E-state index in [2.05, 4.69) is 55.4 Å². The van der Waals surface area contributed by atoms with Gasteiger partial charge in [-0.3, -0.25) is 4.79 Å². The summed E-state index contributed by atoms with van der Waals surface area (Å²) in [6.45, 7) is 10.8. The van der Waals surface area contributed by atoms with E-state index in [1.165, 1.54) is 12.4 Å². The molecule has 9 heteroatoms. The molecule has 3 aromatic rings. The van der Waals surface area contributed by atoms with Crippen molar-refractivity contribution < 1.29 is 9.53 Å². The van der Waals surface area contributed by atoms with Gasteiger partial charge in [0.25, 0.3) is 0 Å². The van der Waals surface area contributed by atoms with Gasteiger partial charge in [0.1, 0.15) is 17.9 Å². The van der Waals surface area contributed by atoms with Gasteiger partial charge in [-0.05, 0) is 57.1 Å². The van der Waals surface area contributed by atoms with E-state index in [1.54, 1.807) is 19.4 Å². The summed E-state index contributed by atoms with van der Waals surface area (Å²) in [5, 5.41) is 12.6. The first-order valence-electron chi connectivity index (χ1n) is 11.5. The molecule has 1 heterocycles. The van der Waals surface area contributed by atoms with E-state index in [0.717, 1.165) is 34.7 Å². The van der Waals surface area contributed by atoms with E-state index in [0.29, 0.717) is 29.5 Å². The normalized spacial score (nSPS) is 10.5. The summed E-state index contributed by atoms with van der Waals surface area (Å²) in [6.07, 6.45) is 4.39. The van der Waals surface area contributed by atoms with Crippen molar-refractivity contribution in [2.24, 2.45) is 0 Å². The van der Waals surface area contributed by atoms with Gasteiger partial charge in [-0.25, -0.2) is 9.97 Å². The molecule has 4 N–H and O–H groups in total. The van der Waals surface area contributed by atoms with Crippen LogP contribution in [0.3, 0.4) is 0 Å². The highest BCUT2D eigenvalue weighted by Crippen LogP contribution is 2.37. The summed E-state index contributed by atoms with van der Waals surface area (Å²) < 4.78 is 5.63. The van der Waals surface area contributed by atoms with Crippen LogP contribution in [0.4, 0.5) is 28.6 Å². The quantitative estimate of drug-likeness (QED) is 0.269. The van der Waals surface area contributed by atoms with Gasteiger partial charge in [-0.15, -0.1) is 0 Å². The van der Waals surface area contributed by atoms with Gasteiger partial charge in [0, 0.05) is 36.5 Å². The number of likely N-dealkylation sites (N-methyl/N-ethyl adjacent to an activating group) is 1. The molecule has 0 fully saturated rings. The molecule has 0 aliphatic heterocycles. The van der Waals surface area contributed by atoms with Crippen molar-refractivity contribution in [3.05, 3.63) is 73.7 Å². The molecule has 9 nitrogen and oxygen atoms in total. The lowest BCUT2D eigenvalue weighted by Gasteiger charge is -2.19. The molecular weight excluding hydrogens is 454 g/mol. The number of nitrogens with one attached hydrogen (secondary N) is 4. The smallest absolute Gasteiger partial charge is 0.247 e. The zero-order valence-corrected chi connectivity index (χ0v) is 21.2. The molecule has 0 spiro atoms. The predicted octanol–water partition coefficient (Wildman–Crippen LogP) is 4.86. The van der Waals surface area contributed by atoms with Crippen LogP contribution in [0.25, 0.3) is 11.3 Å². The number of amides is 1. The number of carbonyl (C=O) groups is 1. The minimum atomic E-state index is -0.309. The number of anilines is 5. The second-order valence-corrected chi connectivity index (χ2v) is 8.31. The molecule has 0 saturated heterocycles. The van der Waals surface area contributed by atoms with Crippen molar-refractivity contribution in [1.29, 1.82) is 0 Å². The van der Waals surface area contributed by atoms with E-state index in [1.807, 2.05) is 45.3 Å². The second-order valence-electron chi connectivity index (χ2n) is 8.31. The topological polar surface area (TPSA) is 103 Å².